The van der Waals surface area contributed by atoms with Crippen molar-refractivity contribution in [1.29, 1.82) is 0 Å². The van der Waals surface area contributed by atoms with Crippen molar-refractivity contribution in [3.63, 3.8) is 0 Å². The molecule has 2 N–H and O–H groups in total. The number of hydrogen-bond donors (Lipinski definition) is 2. The minimum absolute atomic E-state index is 0.0541. The van der Waals surface area contributed by atoms with Crippen molar-refractivity contribution >= 4 is 33.3 Å². The quantitative estimate of drug-likeness (QED) is 0.633. The van der Waals surface area contributed by atoms with Gasteiger partial charge in [-0.15, -0.1) is 11.3 Å². The van der Waals surface area contributed by atoms with Gasteiger partial charge >= 0.3 is 0 Å². The molecule has 2 aromatic heterocycles. The zero-order valence-corrected chi connectivity index (χ0v) is 17.7. The maximum atomic E-state index is 12.5. The molecule has 0 aliphatic heterocycles. The van der Waals surface area contributed by atoms with Crippen LogP contribution in [0.15, 0.2) is 24.5 Å². The van der Waals surface area contributed by atoms with E-state index in [-0.39, 0.29) is 5.91 Å². The summed E-state index contributed by atoms with van der Waals surface area (Å²) in [6, 6.07) is 5.68. The number of benzene rings is 1. The predicted molar refractivity (Wildman–Crippen MR) is 114 cm³/mol. The van der Waals surface area contributed by atoms with Crippen LogP contribution in [0.2, 0.25) is 0 Å². The van der Waals surface area contributed by atoms with Crippen LogP contribution in [0.5, 0.6) is 5.75 Å². The van der Waals surface area contributed by atoms with Crippen molar-refractivity contribution in [3.8, 4) is 5.75 Å². The Balaban J connectivity index is 1.59. The highest BCUT2D eigenvalue weighted by molar-refractivity contribution is 7.18. The molecule has 1 atom stereocenters. The second-order valence-corrected chi connectivity index (χ2v) is 8.10. The second kappa shape index (κ2) is 8.56. The van der Waals surface area contributed by atoms with Crippen LogP contribution in [0.4, 0.5) is 5.82 Å². The summed E-state index contributed by atoms with van der Waals surface area (Å²) in [5.41, 5.74) is 3.42. The minimum atomic E-state index is -0.393. The summed E-state index contributed by atoms with van der Waals surface area (Å²) in [7, 11) is 1.67. The van der Waals surface area contributed by atoms with Gasteiger partial charge in [0.25, 0.3) is 0 Å². The highest BCUT2D eigenvalue weighted by Crippen LogP contribution is 2.32. The van der Waals surface area contributed by atoms with Crippen molar-refractivity contribution in [1.82, 2.24) is 15.3 Å². The minimum Gasteiger partial charge on any atom is -0.496 e. The summed E-state index contributed by atoms with van der Waals surface area (Å²) in [5, 5.41) is 7.23. The van der Waals surface area contributed by atoms with Crippen LogP contribution in [0, 0.1) is 20.8 Å². The number of aromatic nitrogens is 2. The first-order chi connectivity index (χ1) is 13.4. The molecular weight excluding hydrogens is 372 g/mol. The zero-order valence-electron chi connectivity index (χ0n) is 16.9. The number of thiophene rings is 1. The van der Waals surface area contributed by atoms with E-state index >= 15 is 0 Å². The molecule has 6 nitrogen and oxygen atoms in total. The van der Waals surface area contributed by atoms with Crippen molar-refractivity contribution in [3.05, 3.63) is 46.1 Å². The molecule has 28 heavy (non-hydrogen) atoms. The summed E-state index contributed by atoms with van der Waals surface area (Å²) < 4.78 is 5.28. The fourth-order valence-electron chi connectivity index (χ4n) is 3.14. The summed E-state index contributed by atoms with van der Waals surface area (Å²) in [4.78, 5) is 23.3. The number of rotatable bonds is 7. The Morgan fingerprint density at radius 2 is 2.04 bits per heavy atom. The number of nitrogens with one attached hydrogen (secondary N) is 2. The van der Waals surface area contributed by atoms with Crippen LogP contribution >= 0.6 is 11.3 Å². The van der Waals surface area contributed by atoms with Crippen LogP contribution in [0.1, 0.15) is 28.5 Å². The fraction of sp³-hybridized carbons (Fsp3) is 0.381. The Hall–Kier alpha value is -2.67. The third-order valence-corrected chi connectivity index (χ3v) is 6.00. The number of methoxy groups -OCH3 is 1. The number of ether oxygens (including phenoxy) is 1. The van der Waals surface area contributed by atoms with Gasteiger partial charge in [-0.05, 0) is 56.9 Å². The summed E-state index contributed by atoms with van der Waals surface area (Å²) in [6.07, 6.45) is 2.31. The zero-order chi connectivity index (χ0) is 20.3. The predicted octanol–water partition coefficient (Wildman–Crippen LogP) is 3.78. The van der Waals surface area contributed by atoms with Gasteiger partial charge in [0.15, 0.2) is 0 Å². The first-order valence-electron chi connectivity index (χ1n) is 9.29. The Labute approximate surface area is 169 Å². The fourth-order valence-corrected chi connectivity index (χ4v) is 4.14. The highest BCUT2D eigenvalue weighted by Gasteiger charge is 2.17. The number of amides is 1. The average Bonchev–Trinajstić information content (AvgIpc) is 2.96. The lowest BCUT2D eigenvalue weighted by Gasteiger charge is -2.15. The highest BCUT2D eigenvalue weighted by atomic mass is 32.1. The number of carbonyl (C=O) groups excluding carboxylic acids is 1. The van der Waals surface area contributed by atoms with Gasteiger partial charge < -0.3 is 15.4 Å². The van der Waals surface area contributed by atoms with Crippen LogP contribution in [-0.2, 0) is 11.2 Å². The van der Waals surface area contributed by atoms with Crippen LogP contribution in [-0.4, -0.2) is 35.6 Å². The summed E-state index contributed by atoms with van der Waals surface area (Å²) in [5.74, 6) is 1.53. The van der Waals surface area contributed by atoms with Crippen LogP contribution in [0.3, 0.4) is 0 Å². The molecule has 1 amide bonds. The van der Waals surface area contributed by atoms with E-state index in [4.69, 9.17) is 4.74 Å². The number of carbonyl (C=O) groups is 1. The third kappa shape index (κ3) is 4.25. The molecule has 0 saturated carbocycles. The Morgan fingerprint density at radius 3 is 2.75 bits per heavy atom. The maximum Gasteiger partial charge on any atom is 0.242 e. The number of anilines is 1. The number of nitrogens with zero attached hydrogens (tertiary/aromatic N) is 2. The molecule has 2 heterocycles. The van der Waals surface area contributed by atoms with Gasteiger partial charge in [0.1, 0.15) is 28.8 Å². The van der Waals surface area contributed by atoms with Crippen LogP contribution < -0.4 is 15.4 Å². The lowest BCUT2D eigenvalue weighted by atomic mass is 10.1. The molecular formula is C21H26N4O2S. The summed E-state index contributed by atoms with van der Waals surface area (Å²) >= 11 is 1.64. The molecule has 0 aliphatic rings. The first-order valence-corrected chi connectivity index (χ1v) is 10.1. The molecule has 0 radical (unpaired) electrons. The topological polar surface area (TPSA) is 76.1 Å². The van der Waals surface area contributed by atoms with Crippen molar-refractivity contribution in [2.45, 2.75) is 40.2 Å². The van der Waals surface area contributed by atoms with Gasteiger partial charge in [0.2, 0.25) is 5.91 Å². The van der Waals surface area contributed by atoms with E-state index in [2.05, 4.69) is 40.5 Å². The Morgan fingerprint density at radius 1 is 1.25 bits per heavy atom. The molecule has 0 spiro atoms. The molecule has 0 fully saturated rings. The van der Waals surface area contributed by atoms with Gasteiger partial charge in [-0.1, -0.05) is 12.1 Å². The smallest absolute Gasteiger partial charge is 0.242 e. The largest absolute Gasteiger partial charge is 0.496 e. The van der Waals surface area contributed by atoms with Gasteiger partial charge in [-0.2, -0.15) is 0 Å². The van der Waals surface area contributed by atoms with Gasteiger partial charge in [0.05, 0.1) is 12.5 Å². The lowest BCUT2D eigenvalue weighted by Crippen LogP contribution is -2.38. The first kappa shape index (κ1) is 20.1. The van der Waals surface area contributed by atoms with E-state index in [1.807, 2.05) is 26.0 Å². The van der Waals surface area contributed by atoms with E-state index < -0.39 is 6.04 Å². The molecule has 1 aromatic carbocycles. The molecule has 3 aromatic rings. The van der Waals surface area contributed by atoms with Gasteiger partial charge in [-0.3, -0.25) is 4.79 Å². The average molecular weight is 399 g/mol. The number of fused-ring (bicyclic) bond motifs is 1. The second-order valence-electron chi connectivity index (χ2n) is 6.90. The Bertz CT molecular complexity index is 999. The number of hydrogen-bond acceptors (Lipinski definition) is 6. The van der Waals surface area contributed by atoms with Gasteiger partial charge in [0, 0.05) is 11.4 Å². The van der Waals surface area contributed by atoms with E-state index in [0.29, 0.717) is 12.4 Å². The van der Waals surface area contributed by atoms with E-state index in [1.165, 1.54) is 16.8 Å². The standard InChI is InChI=1S/C21H26N4O2S/c1-12-10-16(6-7-17(12)27-5)8-9-22-20(26)14(3)25-19-18-13(2)15(4)28-21(18)24-11-23-19/h6-7,10-11,14H,8-9H2,1-5H3,(H,22,26)(H,23,24,25)/t14-/m0/s1. The molecule has 0 unspecified atom stereocenters. The monoisotopic (exact) mass is 398 g/mol. The van der Waals surface area contributed by atoms with Crippen LogP contribution in [0.25, 0.3) is 10.2 Å². The summed E-state index contributed by atoms with van der Waals surface area (Å²) in [6.45, 7) is 8.57. The van der Waals surface area contributed by atoms with Gasteiger partial charge in [-0.25, -0.2) is 9.97 Å². The molecule has 0 aliphatic carbocycles. The number of aryl methyl sites for hydroxylation is 3. The normalized spacial score (nSPS) is 12.0. The van der Waals surface area contributed by atoms with E-state index in [9.17, 15) is 4.79 Å². The maximum absolute atomic E-state index is 12.5. The molecule has 7 heteroatoms. The molecule has 3 rings (SSSR count). The molecule has 0 bridgehead atoms. The molecule has 0 saturated heterocycles. The van der Waals surface area contributed by atoms with Crippen molar-refractivity contribution < 1.29 is 9.53 Å². The van der Waals surface area contributed by atoms with E-state index in [1.54, 1.807) is 18.4 Å². The van der Waals surface area contributed by atoms with E-state index in [0.717, 1.165) is 33.5 Å². The molecule has 148 valence electrons. The SMILES string of the molecule is COc1ccc(CCNC(=O)[C@H](C)Nc2ncnc3sc(C)c(C)c23)cc1C. The lowest BCUT2D eigenvalue weighted by molar-refractivity contribution is -0.121. The van der Waals surface area contributed by atoms with Crippen molar-refractivity contribution in [2.75, 3.05) is 19.0 Å². The Kier molecular flexibility index (Phi) is 6.14. The van der Waals surface area contributed by atoms with Crippen molar-refractivity contribution in [2.24, 2.45) is 0 Å². The third-order valence-electron chi connectivity index (χ3n) is 4.88.